The lowest BCUT2D eigenvalue weighted by Crippen LogP contribution is -2.16. The second-order valence-electron chi connectivity index (χ2n) is 22.1. The summed E-state index contributed by atoms with van der Waals surface area (Å²) >= 11 is 21.1. The second kappa shape index (κ2) is 30.3. The summed E-state index contributed by atoms with van der Waals surface area (Å²) in [6.45, 7) is 0. The van der Waals surface area contributed by atoms with Gasteiger partial charge in [0, 0.05) is 17.3 Å². The smallest absolute Gasteiger partial charge is 0.239 e. The molecule has 0 radical (unpaired) electrons. The van der Waals surface area contributed by atoms with Crippen molar-refractivity contribution >= 4 is 144 Å². The lowest BCUT2D eigenvalue weighted by Gasteiger charge is -2.19. The van der Waals surface area contributed by atoms with Gasteiger partial charge in [0.1, 0.15) is 0 Å². The van der Waals surface area contributed by atoms with E-state index in [-0.39, 0.29) is 11.8 Å². The molecule has 14 aromatic carbocycles. The largest absolute Gasteiger partial charge is 0.274 e. The lowest BCUT2D eigenvalue weighted by atomic mass is 9.84. The minimum atomic E-state index is -0.750. The summed E-state index contributed by atoms with van der Waals surface area (Å²) in [5.74, 6) is -0.287. The molecular formula is C85H60Br2Cl3NO2. The fourth-order valence-electron chi connectivity index (χ4n) is 12.4. The number of carbonyl (C=O) groups is 2. The van der Waals surface area contributed by atoms with Crippen molar-refractivity contribution in [3.8, 4) is 22.3 Å². The van der Waals surface area contributed by atoms with Crippen molar-refractivity contribution in [1.82, 2.24) is 3.93 Å². The molecule has 452 valence electrons. The van der Waals surface area contributed by atoms with Gasteiger partial charge in [-0.1, -0.05) is 350 Å². The molecule has 1 saturated heterocycles. The summed E-state index contributed by atoms with van der Waals surface area (Å²) in [4.78, 5) is 20.9. The molecule has 0 N–H and O–H groups in total. The summed E-state index contributed by atoms with van der Waals surface area (Å²) in [5, 5.41) is 9.99. The molecule has 8 heteroatoms. The molecule has 0 bridgehead atoms. The number of hydrogen-bond donors (Lipinski definition) is 0. The number of carbonyl (C=O) groups excluding carboxylic acids is 2. The van der Waals surface area contributed by atoms with E-state index >= 15 is 0 Å². The van der Waals surface area contributed by atoms with Crippen LogP contribution in [0, 0.1) is 0 Å². The van der Waals surface area contributed by atoms with Gasteiger partial charge in [0.05, 0.1) is 16.1 Å². The van der Waals surface area contributed by atoms with Gasteiger partial charge in [0.2, 0.25) is 11.8 Å². The molecular weight excluding hydrogens is 1330 g/mol. The van der Waals surface area contributed by atoms with Crippen molar-refractivity contribution in [3.05, 3.63) is 383 Å². The summed E-state index contributed by atoms with van der Waals surface area (Å²) in [7, 11) is 0. The van der Waals surface area contributed by atoms with Crippen LogP contribution in [0.3, 0.4) is 0 Å². The first kappa shape index (κ1) is 63.7. The molecule has 1 aliphatic heterocycles. The fraction of sp³-hybridized carbons (Fsp3) is 0.0353. The third-order valence-corrected chi connectivity index (χ3v) is 18.0. The number of amides is 2. The van der Waals surface area contributed by atoms with Crippen molar-refractivity contribution in [3.63, 3.8) is 0 Å². The highest BCUT2D eigenvalue weighted by molar-refractivity contribution is 9.11. The molecule has 0 spiro atoms. The molecule has 0 aromatic heterocycles. The van der Waals surface area contributed by atoms with Crippen LogP contribution in [-0.4, -0.2) is 20.0 Å². The van der Waals surface area contributed by atoms with Gasteiger partial charge >= 0.3 is 0 Å². The predicted octanol–water partition coefficient (Wildman–Crippen LogP) is 24.5. The van der Waals surface area contributed by atoms with Crippen LogP contribution in [0.4, 0.5) is 0 Å². The zero-order valence-corrected chi connectivity index (χ0v) is 55.8. The van der Waals surface area contributed by atoms with E-state index < -0.39 is 4.30 Å². The Labute approximate surface area is 575 Å². The van der Waals surface area contributed by atoms with Crippen LogP contribution in [0.15, 0.2) is 338 Å². The molecule has 1 fully saturated rings. The highest BCUT2D eigenvalue weighted by atomic mass is 79.9. The Balaban J connectivity index is 0.000000152. The van der Waals surface area contributed by atoms with Crippen molar-refractivity contribution < 1.29 is 9.59 Å². The Kier molecular flexibility index (Phi) is 20.8. The molecule has 3 nitrogen and oxygen atoms in total. The van der Waals surface area contributed by atoms with Crippen LogP contribution in [-0.2, 0) is 9.59 Å². The van der Waals surface area contributed by atoms with Gasteiger partial charge in [-0.05, 0) is 166 Å². The number of fused-ring (bicyclic) bond motifs is 4. The van der Waals surface area contributed by atoms with Crippen molar-refractivity contribution in [2.45, 2.75) is 17.1 Å². The normalized spacial score (nSPS) is 11.7. The average molecular weight is 1390 g/mol. The van der Waals surface area contributed by atoms with Crippen LogP contribution in [0.1, 0.15) is 57.3 Å². The zero-order valence-electron chi connectivity index (χ0n) is 50.4. The zero-order chi connectivity index (χ0) is 64.0. The highest BCUT2D eigenvalue weighted by Gasteiger charge is 2.26. The van der Waals surface area contributed by atoms with Crippen LogP contribution in [0.2, 0.25) is 0 Å². The Morgan fingerprint density at radius 1 is 0.290 bits per heavy atom. The molecule has 0 aliphatic carbocycles. The van der Waals surface area contributed by atoms with E-state index in [9.17, 15) is 9.59 Å². The molecule has 0 unspecified atom stereocenters. The Morgan fingerprint density at radius 3 is 0.817 bits per heavy atom. The van der Waals surface area contributed by atoms with E-state index in [1.54, 1.807) is 0 Å². The number of alkyl halides is 3. The van der Waals surface area contributed by atoms with Gasteiger partial charge in [-0.2, -0.15) is 0 Å². The van der Waals surface area contributed by atoms with Gasteiger partial charge in [-0.25, -0.2) is 3.93 Å². The summed E-state index contributed by atoms with van der Waals surface area (Å²) in [5.41, 5.74) is 19.4. The maximum absolute atomic E-state index is 10.4. The fourth-order valence-corrected chi connectivity index (χ4v) is 13.4. The third kappa shape index (κ3) is 14.6. The standard InChI is InChI=1S/C40H27Br.C40H28.C4H4BrNO2.CHCl3/c41-40-35-25-12-10-23-33(35)39(34-24-11-13-26-36(34)40)32-22-14-21-31(27-32)38(30-19-8-3-9-20-30)37(28-15-4-1-5-16-28)29-17-6-2-7-18-29;1-4-15-29(16-5-1)38(30-17-6-2-7-18-30)39(31-19-8-3-9-20-31)34-23-14-24-35(28-34)40-36-25-12-10-21-32(36)27-33-22-11-13-26-37(33)40;5-6-3(7)1-2-4(6)8;2-1(3)4/h1-27H;1-28H;1-2H2;1H. The van der Waals surface area contributed by atoms with Crippen LogP contribution < -0.4 is 0 Å². The Bertz CT molecular complexity index is 4790. The molecule has 14 aromatic rings. The highest BCUT2D eigenvalue weighted by Crippen LogP contribution is 2.45. The molecule has 1 aliphatic rings. The summed E-state index contributed by atoms with van der Waals surface area (Å²) in [6.07, 6.45) is 0.703. The minimum absolute atomic E-state index is 0.144. The van der Waals surface area contributed by atoms with Gasteiger partial charge in [-0.3, -0.25) is 9.59 Å². The van der Waals surface area contributed by atoms with Gasteiger partial charge < -0.3 is 0 Å². The topological polar surface area (TPSA) is 37.4 Å². The van der Waals surface area contributed by atoms with Gasteiger partial charge in [0.15, 0.2) is 4.30 Å². The predicted molar refractivity (Wildman–Crippen MR) is 402 cm³/mol. The van der Waals surface area contributed by atoms with Crippen molar-refractivity contribution in [1.29, 1.82) is 0 Å². The number of nitrogens with zero attached hydrogens (tertiary/aromatic N) is 1. The number of hydrogen-bond acceptors (Lipinski definition) is 2. The average Bonchev–Trinajstić information content (AvgIpc) is 1.10. The van der Waals surface area contributed by atoms with Crippen molar-refractivity contribution in [2.75, 3.05) is 0 Å². The Morgan fingerprint density at radius 2 is 0.527 bits per heavy atom. The summed E-state index contributed by atoms with van der Waals surface area (Å²) in [6, 6.07) is 120. The minimum Gasteiger partial charge on any atom is -0.274 e. The first-order valence-corrected chi connectivity index (χ1v) is 33.4. The van der Waals surface area contributed by atoms with Crippen LogP contribution >= 0.6 is 66.9 Å². The van der Waals surface area contributed by atoms with Gasteiger partial charge in [0.25, 0.3) is 0 Å². The molecule has 0 saturated carbocycles. The lowest BCUT2D eigenvalue weighted by molar-refractivity contribution is -0.131. The summed E-state index contributed by atoms with van der Waals surface area (Å²) < 4.78 is 1.37. The number of benzene rings is 14. The van der Waals surface area contributed by atoms with E-state index in [1.807, 2.05) is 0 Å². The molecule has 0 atom stereocenters. The number of imide groups is 1. The molecule has 2 amide bonds. The van der Waals surface area contributed by atoms with E-state index in [0.717, 1.165) is 8.40 Å². The number of halogens is 5. The van der Waals surface area contributed by atoms with Crippen molar-refractivity contribution in [2.24, 2.45) is 0 Å². The Hall–Kier alpha value is -9.43. The van der Waals surface area contributed by atoms with E-state index in [1.165, 1.54) is 132 Å². The quantitative estimate of drug-likeness (QED) is 0.0450. The first-order chi connectivity index (χ1) is 45.6. The van der Waals surface area contributed by atoms with Crippen LogP contribution in [0.5, 0.6) is 0 Å². The monoisotopic (exact) mass is 1390 g/mol. The SMILES string of the molecule is Brc1c2ccccc2c(-c2cccc(C(=C(c3ccccc3)c3ccccc3)c3ccccc3)c2)c2ccccc12.ClC(Cl)Cl.O=C1CCC(=O)N1Br.c1ccc(C(=C(c2ccccc2)c2cccc(-c3c4ccccc4cc4ccccc34)c2)c2ccccc2)cc1. The van der Waals surface area contributed by atoms with E-state index in [4.69, 9.17) is 34.8 Å². The molecule has 1 heterocycles. The maximum Gasteiger partial charge on any atom is 0.239 e. The molecule has 93 heavy (non-hydrogen) atoms. The second-order valence-corrected chi connectivity index (χ2v) is 25.6. The molecule has 15 rings (SSSR count). The van der Waals surface area contributed by atoms with E-state index in [0.29, 0.717) is 12.8 Å². The third-order valence-electron chi connectivity index (χ3n) is 16.4. The number of rotatable bonds is 10. The van der Waals surface area contributed by atoms with E-state index in [2.05, 4.69) is 366 Å². The van der Waals surface area contributed by atoms with Gasteiger partial charge in [-0.15, -0.1) is 0 Å². The maximum atomic E-state index is 10.4. The van der Waals surface area contributed by atoms with Crippen LogP contribution in [0.25, 0.3) is 87.6 Å². The first-order valence-electron chi connectivity index (χ1n) is 30.6.